The van der Waals surface area contributed by atoms with E-state index < -0.39 is 5.25 Å². The molecule has 0 aliphatic rings. The van der Waals surface area contributed by atoms with E-state index in [1.807, 2.05) is 34.9 Å². The quantitative estimate of drug-likeness (QED) is 0.340. The minimum Gasteiger partial charge on any atom is -0.324 e. The topological polar surface area (TPSA) is 76.9 Å². The van der Waals surface area contributed by atoms with E-state index in [4.69, 9.17) is 0 Å². The molecule has 0 saturated carbocycles. The number of nitrogens with one attached hydrogen (secondary N) is 1. The Hall–Kier alpha value is -3.19. The van der Waals surface area contributed by atoms with Crippen LogP contribution in [0, 0.1) is 0 Å². The third kappa shape index (κ3) is 4.81. The number of amides is 1. The molecular formula is C22H22N4O2S. The second-order valence-electron chi connectivity index (χ2n) is 6.42. The van der Waals surface area contributed by atoms with Crippen molar-refractivity contribution in [3.05, 3.63) is 72.8 Å². The molecule has 1 N–H and O–H groups in total. The number of rotatable bonds is 8. The van der Waals surface area contributed by atoms with Crippen LogP contribution in [-0.4, -0.2) is 31.7 Å². The molecule has 2 aromatic carbocycles. The highest BCUT2D eigenvalue weighted by molar-refractivity contribution is 8.00. The van der Waals surface area contributed by atoms with E-state index in [2.05, 4.69) is 22.1 Å². The zero-order valence-corrected chi connectivity index (χ0v) is 17.1. The van der Waals surface area contributed by atoms with E-state index in [-0.39, 0.29) is 11.7 Å². The summed E-state index contributed by atoms with van der Waals surface area (Å²) in [6.45, 7) is 7.62. The summed E-state index contributed by atoms with van der Waals surface area (Å²) in [6, 6.07) is 16.7. The number of nitrogens with zero attached hydrogens (tertiary/aromatic N) is 3. The summed E-state index contributed by atoms with van der Waals surface area (Å²) in [5, 5.41) is 11.6. The third-order valence-electron chi connectivity index (χ3n) is 4.28. The number of para-hydroxylation sites is 1. The number of benzene rings is 2. The Labute approximate surface area is 174 Å². The maximum absolute atomic E-state index is 12.7. The maximum atomic E-state index is 12.7. The predicted octanol–water partition coefficient (Wildman–Crippen LogP) is 4.45. The Balaban J connectivity index is 1.79. The molecule has 3 aromatic rings. The van der Waals surface area contributed by atoms with Crippen LogP contribution in [0.15, 0.2) is 72.4 Å². The maximum Gasteiger partial charge on any atom is 0.237 e. The average molecular weight is 407 g/mol. The lowest BCUT2D eigenvalue weighted by Gasteiger charge is -2.14. The number of hydrogen-bond donors (Lipinski definition) is 1. The molecule has 0 saturated heterocycles. The molecule has 0 bridgehead atoms. The van der Waals surface area contributed by atoms with Gasteiger partial charge in [0.15, 0.2) is 16.8 Å². The molecule has 0 aliphatic carbocycles. The first kappa shape index (κ1) is 20.5. The molecule has 7 heteroatoms. The summed E-state index contributed by atoms with van der Waals surface area (Å²) in [4.78, 5) is 24.5. The number of thioether (sulfide) groups is 1. The summed E-state index contributed by atoms with van der Waals surface area (Å²) in [6.07, 6.45) is 1.77. The zero-order chi connectivity index (χ0) is 20.8. The lowest BCUT2D eigenvalue weighted by molar-refractivity contribution is -0.115. The van der Waals surface area contributed by atoms with E-state index in [9.17, 15) is 9.59 Å². The van der Waals surface area contributed by atoms with Gasteiger partial charge in [-0.2, -0.15) is 0 Å². The third-order valence-corrected chi connectivity index (χ3v) is 5.36. The molecule has 0 fully saturated rings. The van der Waals surface area contributed by atoms with Gasteiger partial charge in [-0.25, -0.2) is 0 Å². The van der Waals surface area contributed by atoms with Crippen LogP contribution in [0.1, 0.15) is 24.2 Å². The molecule has 0 spiro atoms. The average Bonchev–Trinajstić information content (AvgIpc) is 3.11. The van der Waals surface area contributed by atoms with Crippen LogP contribution in [0.25, 0.3) is 11.4 Å². The van der Waals surface area contributed by atoms with Gasteiger partial charge in [-0.05, 0) is 26.0 Å². The van der Waals surface area contributed by atoms with Gasteiger partial charge >= 0.3 is 0 Å². The molecule has 29 heavy (non-hydrogen) atoms. The smallest absolute Gasteiger partial charge is 0.237 e. The largest absolute Gasteiger partial charge is 0.324 e. The van der Waals surface area contributed by atoms with E-state index in [0.717, 1.165) is 11.4 Å². The molecule has 1 heterocycles. The molecule has 0 aliphatic heterocycles. The molecule has 1 aromatic heterocycles. The van der Waals surface area contributed by atoms with Crippen LogP contribution >= 0.6 is 11.8 Å². The second-order valence-corrected chi connectivity index (χ2v) is 7.73. The fraction of sp³-hybridized carbons (Fsp3) is 0.182. The number of anilines is 1. The normalized spacial score (nSPS) is 11.7. The number of allylic oxidation sites excluding steroid dienone is 1. The summed E-state index contributed by atoms with van der Waals surface area (Å²) in [7, 11) is 0. The number of hydrogen-bond acceptors (Lipinski definition) is 5. The highest BCUT2D eigenvalue weighted by atomic mass is 32.2. The van der Waals surface area contributed by atoms with E-state index in [1.165, 1.54) is 18.7 Å². The van der Waals surface area contributed by atoms with Crippen molar-refractivity contribution < 1.29 is 9.59 Å². The number of Topliss-reactive ketones (excluding diaryl/α,β-unsaturated/α-hetero) is 1. The first-order chi connectivity index (χ1) is 14.0. The molecule has 0 unspecified atom stereocenters. The number of carbonyl (C=O) groups excluding carboxylic acids is 2. The Morgan fingerprint density at radius 1 is 1.14 bits per heavy atom. The first-order valence-corrected chi connectivity index (χ1v) is 10.1. The van der Waals surface area contributed by atoms with Crippen molar-refractivity contribution in [3.8, 4) is 11.4 Å². The monoisotopic (exact) mass is 406 g/mol. The van der Waals surface area contributed by atoms with Crippen molar-refractivity contribution in [2.24, 2.45) is 0 Å². The minimum absolute atomic E-state index is 0.0977. The van der Waals surface area contributed by atoms with Crippen LogP contribution in [0.3, 0.4) is 0 Å². The van der Waals surface area contributed by atoms with Gasteiger partial charge in [0.1, 0.15) is 0 Å². The van der Waals surface area contributed by atoms with Gasteiger partial charge < -0.3 is 5.32 Å². The molecule has 6 nitrogen and oxygen atoms in total. The molecule has 148 valence electrons. The first-order valence-electron chi connectivity index (χ1n) is 9.18. The van der Waals surface area contributed by atoms with Crippen molar-refractivity contribution in [2.45, 2.75) is 30.8 Å². The minimum atomic E-state index is -0.439. The standard InChI is InChI=1S/C22H22N4O2S/c1-4-14-26-20(17-10-6-5-7-11-17)24-25-22(26)29-16(3)21(28)23-19-13-9-8-12-18(19)15(2)27/h4-13,16H,1,14H2,2-3H3,(H,23,28)/t16-/m1/s1. The molecule has 1 amide bonds. The molecule has 0 radical (unpaired) electrons. The second kappa shape index (κ2) is 9.34. The zero-order valence-electron chi connectivity index (χ0n) is 16.3. The van der Waals surface area contributed by atoms with E-state index in [0.29, 0.717) is 23.0 Å². The highest BCUT2D eigenvalue weighted by Crippen LogP contribution is 2.28. The summed E-state index contributed by atoms with van der Waals surface area (Å²) < 4.78 is 1.93. The summed E-state index contributed by atoms with van der Waals surface area (Å²) in [5.74, 6) is 0.417. The Bertz CT molecular complexity index is 1030. The van der Waals surface area contributed by atoms with Crippen molar-refractivity contribution in [3.63, 3.8) is 0 Å². The van der Waals surface area contributed by atoms with Crippen LogP contribution in [0.4, 0.5) is 5.69 Å². The Morgan fingerprint density at radius 3 is 2.52 bits per heavy atom. The van der Waals surface area contributed by atoms with E-state index in [1.54, 1.807) is 37.3 Å². The lowest BCUT2D eigenvalue weighted by Crippen LogP contribution is -2.24. The molecule has 3 rings (SSSR count). The Morgan fingerprint density at radius 2 is 1.83 bits per heavy atom. The number of carbonyl (C=O) groups is 2. The van der Waals surface area contributed by atoms with Gasteiger partial charge in [0, 0.05) is 17.7 Å². The van der Waals surface area contributed by atoms with Gasteiger partial charge in [0.05, 0.1) is 10.9 Å². The van der Waals surface area contributed by atoms with Gasteiger partial charge in [0.2, 0.25) is 5.91 Å². The van der Waals surface area contributed by atoms with Crippen molar-refractivity contribution in [1.29, 1.82) is 0 Å². The van der Waals surface area contributed by atoms with Crippen LogP contribution < -0.4 is 5.32 Å². The predicted molar refractivity (Wildman–Crippen MR) is 116 cm³/mol. The van der Waals surface area contributed by atoms with Gasteiger partial charge in [-0.1, -0.05) is 60.3 Å². The lowest BCUT2D eigenvalue weighted by atomic mass is 10.1. The van der Waals surface area contributed by atoms with Crippen molar-refractivity contribution in [2.75, 3.05) is 5.32 Å². The van der Waals surface area contributed by atoms with E-state index >= 15 is 0 Å². The van der Waals surface area contributed by atoms with Gasteiger partial charge in [-0.15, -0.1) is 16.8 Å². The molecule has 1 atom stereocenters. The van der Waals surface area contributed by atoms with Crippen molar-refractivity contribution >= 4 is 29.1 Å². The molecular weight excluding hydrogens is 384 g/mol. The van der Waals surface area contributed by atoms with Crippen LogP contribution in [0.5, 0.6) is 0 Å². The van der Waals surface area contributed by atoms with Crippen LogP contribution in [-0.2, 0) is 11.3 Å². The highest BCUT2D eigenvalue weighted by Gasteiger charge is 2.21. The summed E-state index contributed by atoms with van der Waals surface area (Å²) >= 11 is 1.31. The number of aromatic nitrogens is 3. The van der Waals surface area contributed by atoms with Gasteiger partial charge in [-0.3, -0.25) is 14.2 Å². The van der Waals surface area contributed by atoms with Crippen LogP contribution in [0.2, 0.25) is 0 Å². The Kier molecular flexibility index (Phi) is 6.61. The van der Waals surface area contributed by atoms with Crippen molar-refractivity contribution in [1.82, 2.24) is 14.8 Å². The SMILES string of the molecule is C=CCn1c(S[C@H](C)C(=O)Nc2ccccc2C(C)=O)nnc1-c1ccccc1. The van der Waals surface area contributed by atoms with Gasteiger partial charge in [0.25, 0.3) is 0 Å². The fourth-order valence-corrected chi connectivity index (χ4v) is 3.67. The summed E-state index contributed by atoms with van der Waals surface area (Å²) in [5.41, 5.74) is 1.94. The fourth-order valence-electron chi connectivity index (χ4n) is 2.82. The number of ketones is 1.